The molecule has 6 nitrogen and oxygen atoms in total. The Morgan fingerprint density at radius 1 is 1.14 bits per heavy atom. The number of alkyl halides is 3. The Morgan fingerprint density at radius 3 is 2.36 bits per heavy atom. The summed E-state index contributed by atoms with van der Waals surface area (Å²) in [6.07, 6.45) is -4.21. The molecule has 0 radical (unpaired) electrons. The quantitative estimate of drug-likeness (QED) is 0.436. The van der Waals surface area contributed by atoms with Crippen molar-refractivity contribution >= 4 is 11.9 Å². The summed E-state index contributed by atoms with van der Waals surface area (Å²) in [6.45, 7) is 6.18. The molecule has 1 atom stereocenters. The molecule has 1 aromatic carbocycles. The average Bonchev–Trinajstić information content (AvgIpc) is 2.69. The van der Waals surface area contributed by atoms with Gasteiger partial charge in [-0.1, -0.05) is 18.2 Å². The Bertz CT molecular complexity index is 643. The van der Waals surface area contributed by atoms with Crippen LogP contribution in [0, 0.1) is 0 Å². The lowest BCUT2D eigenvalue weighted by Crippen LogP contribution is -2.56. The van der Waals surface area contributed by atoms with Crippen molar-refractivity contribution in [2.75, 3.05) is 45.8 Å². The molecule has 1 saturated heterocycles. The number of piperazine rings is 1. The normalized spacial score (nSPS) is 17.3. The first-order valence-corrected chi connectivity index (χ1v) is 9.50. The molecule has 1 amide bonds. The van der Waals surface area contributed by atoms with Gasteiger partial charge in [-0.15, -0.1) is 0 Å². The third-order valence-corrected chi connectivity index (χ3v) is 4.67. The number of rotatable bonds is 6. The largest absolute Gasteiger partial charge is 0.403 e. The number of aliphatic imine (C=N–C) groups is 1. The van der Waals surface area contributed by atoms with Crippen molar-refractivity contribution in [1.82, 2.24) is 20.4 Å². The lowest BCUT2D eigenvalue weighted by molar-refractivity contribution is -0.181. The minimum Gasteiger partial charge on any atom is -0.357 e. The van der Waals surface area contributed by atoms with Crippen LogP contribution in [0.2, 0.25) is 0 Å². The molecule has 0 saturated carbocycles. The number of benzene rings is 1. The summed E-state index contributed by atoms with van der Waals surface area (Å²) in [4.78, 5) is 19.9. The fraction of sp³-hybridized carbons (Fsp3) is 0.579. The Hall–Kier alpha value is -2.29. The molecule has 1 heterocycles. The van der Waals surface area contributed by atoms with Crippen molar-refractivity contribution < 1.29 is 18.0 Å². The van der Waals surface area contributed by atoms with Gasteiger partial charge in [0, 0.05) is 44.8 Å². The molecule has 9 heteroatoms. The summed E-state index contributed by atoms with van der Waals surface area (Å²) in [6, 6.07) is 7.49. The summed E-state index contributed by atoms with van der Waals surface area (Å²) in [5, 5.41) is 5.98. The van der Waals surface area contributed by atoms with Gasteiger partial charge in [0.25, 0.3) is 5.91 Å². The van der Waals surface area contributed by atoms with E-state index >= 15 is 0 Å². The lowest BCUT2D eigenvalue weighted by Gasteiger charge is -2.39. The number of halogens is 3. The second kappa shape index (κ2) is 10.3. The second-order valence-corrected chi connectivity index (χ2v) is 6.60. The number of guanidine groups is 1. The number of carbonyl (C=O) groups excluding carboxylic acids is 1. The molecule has 0 spiro atoms. The summed E-state index contributed by atoms with van der Waals surface area (Å²) in [7, 11) is 0. The van der Waals surface area contributed by atoms with Gasteiger partial charge in [-0.3, -0.25) is 14.7 Å². The van der Waals surface area contributed by atoms with Crippen molar-refractivity contribution in [3.8, 4) is 0 Å². The van der Waals surface area contributed by atoms with E-state index in [1.165, 1.54) is 11.8 Å². The highest BCUT2D eigenvalue weighted by Gasteiger charge is 2.41. The molecule has 2 N–H and O–H groups in total. The lowest BCUT2D eigenvalue weighted by atomic mass is 10.2. The molecule has 156 valence electrons. The molecule has 2 rings (SSSR count). The van der Waals surface area contributed by atoms with Crippen LogP contribution in [0.1, 0.15) is 24.2 Å². The molecule has 1 aliphatic heterocycles. The van der Waals surface area contributed by atoms with E-state index in [1.807, 2.05) is 17.9 Å². The number of carbonyl (C=O) groups is 1. The van der Waals surface area contributed by atoms with E-state index in [4.69, 9.17) is 0 Å². The number of hydrogen-bond donors (Lipinski definition) is 2. The third kappa shape index (κ3) is 6.40. The van der Waals surface area contributed by atoms with E-state index in [1.54, 1.807) is 24.3 Å². The van der Waals surface area contributed by atoms with Gasteiger partial charge in [0.1, 0.15) is 6.04 Å². The first kappa shape index (κ1) is 22.0. The minimum atomic E-state index is -4.21. The number of nitrogens with zero attached hydrogens (tertiary/aromatic N) is 3. The zero-order chi connectivity index (χ0) is 20.6. The SMILES string of the molecule is CCNC(=NCCNC(=O)c1ccccc1)N1CCN(C(C)C(F)(F)F)CC1. The number of amides is 1. The summed E-state index contributed by atoms with van der Waals surface area (Å²) < 4.78 is 38.6. The van der Waals surface area contributed by atoms with Crippen LogP contribution >= 0.6 is 0 Å². The van der Waals surface area contributed by atoms with Crippen LogP contribution in [0.3, 0.4) is 0 Å². The van der Waals surface area contributed by atoms with E-state index in [0.29, 0.717) is 57.3 Å². The smallest absolute Gasteiger partial charge is 0.357 e. The van der Waals surface area contributed by atoms with Crippen LogP contribution < -0.4 is 10.6 Å². The van der Waals surface area contributed by atoms with Gasteiger partial charge in [0.05, 0.1) is 6.54 Å². The minimum absolute atomic E-state index is 0.157. The molecule has 1 aromatic rings. The van der Waals surface area contributed by atoms with Gasteiger partial charge in [0.15, 0.2) is 5.96 Å². The molecular weight excluding hydrogens is 371 g/mol. The Kier molecular flexibility index (Phi) is 8.10. The molecule has 1 fully saturated rings. The summed E-state index contributed by atoms with van der Waals surface area (Å²) in [5.74, 6) is 0.506. The van der Waals surface area contributed by atoms with Crippen LogP contribution in [0.4, 0.5) is 13.2 Å². The van der Waals surface area contributed by atoms with Gasteiger partial charge >= 0.3 is 6.18 Å². The number of hydrogen-bond acceptors (Lipinski definition) is 3. The fourth-order valence-corrected chi connectivity index (χ4v) is 2.98. The van der Waals surface area contributed by atoms with E-state index < -0.39 is 12.2 Å². The van der Waals surface area contributed by atoms with Crippen LogP contribution in [-0.4, -0.2) is 79.7 Å². The standard InChI is InChI=1S/C19H28F3N5O/c1-3-23-18(25-10-9-24-17(28)16-7-5-4-6-8-16)27-13-11-26(12-14-27)15(2)19(20,21)22/h4-8,15H,3,9-14H2,1-2H3,(H,23,25)(H,24,28). The van der Waals surface area contributed by atoms with Gasteiger partial charge in [-0.25, -0.2) is 0 Å². The van der Waals surface area contributed by atoms with Crippen molar-refractivity contribution in [1.29, 1.82) is 0 Å². The highest BCUT2D eigenvalue weighted by molar-refractivity contribution is 5.94. The summed E-state index contributed by atoms with van der Waals surface area (Å²) in [5.41, 5.74) is 0.591. The molecule has 0 bridgehead atoms. The van der Waals surface area contributed by atoms with E-state index in [-0.39, 0.29) is 5.91 Å². The molecule has 0 aromatic heterocycles. The Labute approximate surface area is 163 Å². The predicted octanol–water partition coefficient (Wildman–Crippen LogP) is 1.95. The molecular formula is C19H28F3N5O. The fourth-order valence-electron chi connectivity index (χ4n) is 2.98. The molecule has 1 aliphatic rings. The van der Waals surface area contributed by atoms with E-state index in [2.05, 4.69) is 15.6 Å². The topological polar surface area (TPSA) is 60.0 Å². The molecule has 0 aliphatic carbocycles. The van der Waals surface area contributed by atoms with Gasteiger partial charge < -0.3 is 15.5 Å². The van der Waals surface area contributed by atoms with Gasteiger partial charge in [0.2, 0.25) is 0 Å². The maximum atomic E-state index is 12.9. The summed E-state index contributed by atoms with van der Waals surface area (Å²) >= 11 is 0. The zero-order valence-electron chi connectivity index (χ0n) is 16.3. The van der Waals surface area contributed by atoms with Gasteiger partial charge in [-0.05, 0) is 26.0 Å². The van der Waals surface area contributed by atoms with E-state index in [0.717, 1.165) is 0 Å². The first-order chi connectivity index (χ1) is 13.3. The monoisotopic (exact) mass is 399 g/mol. The zero-order valence-corrected chi connectivity index (χ0v) is 16.3. The number of nitrogens with one attached hydrogen (secondary N) is 2. The van der Waals surface area contributed by atoms with Crippen molar-refractivity contribution in [3.05, 3.63) is 35.9 Å². The van der Waals surface area contributed by atoms with Crippen molar-refractivity contribution in [2.24, 2.45) is 4.99 Å². The highest BCUT2D eigenvalue weighted by Crippen LogP contribution is 2.25. The maximum absolute atomic E-state index is 12.9. The van der Waals surface area contributed by atoms with Crippen LogP contribution in [0.15, 0.2) is 35.3 Å². The van der Waals surface area contributed by atoms with Crippen LogP contribution in [0.25, 0.3) is 0 Å². The Morgan fingerprint density at radius 2 is 1.79 bits per heavy atom. The molecule has 1 unspecified atom stereocenters. The van der Waals surface area contributed by atoms with Crippen LogP contribution in [0.5, 0.6) is 0 Å². The Balaban J connectivity index is 1.83. The third-order valence-electron chi connectivity index (χ3n) is 4.67. The maximum Gasteiger partial charge on any atom is 0.403 e. The first-order valence-electron chi connectivity index (χ1n) is 9.50. The van der Waals surface area contributed by atoms with Crippen molar-refractivity contribution in [2.45, 2.75) is 26.1 Å². The van der Waals surface area contributed by atoms with Gasteiger partial charge in [-0.2, -0.15) is 13.2 Å². The highest BCUT2D eigenvalue weighted by atomic mass is 19.4. The average molecular weight is 399 g/mol. The van der Waals surface area contributed by atoms with Crippen LogP contribution in [-0.2, 0) is 0 Å². The van der Waals surface area contributed by atoms with E-state index in [9.17, 15) is 18.0 Å². The predicted molar refractivity (Wildman–Crippen MR) is 103 cm³/mol. The van der Waals surface area contributed by atoms with Crippen molar-refractivity contribution in [3.63, 3.8) is 0 Å². The molecule has 28 heavy (non-hydrogen) atoms. The second-order valence-electron chi connectivity index (χ2n) is 6.60.